The molecular formula is C13H20N4. The molecule has 0 unspecified atom stereocenters. The molecule has 17 heavy (non-hydrogen) atoms. The molecule has 0 radical (unpaired) electrons. The number of hydrogen-bond donors (Lipinski definition) is 3. The van der Waals surface area contributed by atoms with Crippen LogP contribution in [0.4, 0.5) is 5.69 Å². The van der Waals surface area contributed by atoms with Crippen molar-refractivity contribution in [2.75, 3.05) is 18.4 Å². The Morgan fingerprint density at radius 3 is 2.88 bits per heavy atom. The van der Waals surface area contributed by atoms with Crippen molar-refractivity contribution >= 4 is 16.7 Å². The number of H-pyrrole nitrogens is 1. The fourth-order valence-electron chi connectivity index (χ4n) is 1.66. The van der Waals surface area contributed by atoms with E-state index in [-0.39, 0.29) is 5.41 Å². The van der Waals surface area contributed by atoms with Crippen LogP contribution in [0.1, 0.15) is 19.7 Å². The molecule has 0 atom stereocenters. The second kappa shape index (κ2) is 4.37. The van der Waals surface area contributed by atoms with Crippen LogP contribution in [0.2, 0.25) is 0 Å². The van der Waals surface area contributed by atoms with Crippen LogP contribution in [0.5, 0.6) is 0 Å². The third kappa shape index (κ3) is 2.77. The second-order valence-corrected chi connectivity index (χ2v) is 5.28. The molecule has 4 N–H and O–H groups in total. The normalized spacial score (nSPS) is 12.0. The molecule has 0 amide bonds. The molecule has 0 aliphatic rings. The first kappa shape index (κ1) is 11.9. The molecule has 2 aromatic rings. The van der Waals surface area contributed by atoms with Crippen LogP contribution in [0, 0.1) is 12.3 Å². The van der Waals surface area contributed by atoms with Crippen molar-refractivity contribution < 1.29 is 0 Å². The Hall–Kier alpha value is -1.55. The van der Waals surface area contributed by atoms with Gasteiger partial charge in [-0.1, -0.05) is 13.8 Å². The van der Waals surface area contributed by atoms with Crippen LogP contribution in [-0.2, 0) is 0 Å². The van der Waals surface area contributed by atoms with Crippen LogP contribution in [0.3, 0.4) is 0 Å². The van der Waals surface area contributed by atoms with Gasteiger partial charge in [-0.15, -0.1) is 0 Å². The lowest BCUT2D eigenvalue weighted by Gasteiger charge is -2.23. The monoisotopic (exact) mass is 232 g/mol. The Balaban J connectivity index is 2.14. The molecule has 1 aromatic heterocycles. The van der Waals surface area contributed by atoms with E-state index in [1.54, 1.807) is 0 Å². The summed E-state index contributed by atoms with van der Waals surface area (Å²) in [6.45, 7) is 7.80. The number of benzene rings is 1. The van der Waals surface area contributed by atoms with Gasteiger partial charge < -0.3 is 16.0 Å². The lowest BCUT2D eigenvalue weighted by Crippen LogP contribution is -2.31. The molecule has 92 valence electrons. The minimum atomic E-state index is 0.110. The number of imidazole rings is 1. The third-order valence-corrected chi connectivity index (χ3v) is 2.92. The maximum atomic E-state index is 5.71. The number of aryl methyl sites for hydroxylation is 1. The first-order valence-corrected chi connectivity index (χ1v) is 5.90. The average Bonchev–Trinajstić information content (AvgIpc) is 2.66. The predicted molar refractivity (Wildman–Crippen MR) is 72.2 cm³/mol. The number of hydrogen-bond acceptors (Lipinski definition) is 3. The van der Waals surface area contributed by atoms with Gasteiger partial charge in [0.15, 0.2) is 0 Å². The SMILES string of the molecule is Cc1nc2ccc(NCC(C)(C)CN)cc2[nH]1. The molecule has 0 spiro atoms. The van der Waals surface area contributed by atoms with Crippen LogP contribution in [-0.4, -0.2) is 23.1 Å². The topological polar surface area (TPSA) is 66.7 Å². The molecule has 4 nitrogen and oxygen atoms in total. The number of nitrogens with one attached hydrogen (secondary N) is 2. The minimum Gasteiger partial charge on any atom is -0.384 e. The molecule has 0 saturated heterocycles. The van der Waals surface area contributed by atoms with E-state index in [1.807, 2.05) is 13.0 Å². The highest BCUT2D eigenvalue weighted by molar-refractivity contribution is 5.79. The molecule has 4 heteroatoms. The van der Waals surface area contributed by atoms with Crippen molar-refractivity contribution in [1.82, 2.24) is 9.97 Å². The number of rotatable bonds is 4. The lowest BCUT2D eigenvalue weighted by atomic mass is 9.94. The average molecular weight is 232 g/mol. The first-order chi connectivity index (χ1) is 8.00. The number of aromatic nitrogens is 2. The summed E-state index contributed by atoms with van der Waals surface area (Å²) in [7, 11) is 0. The van der Waals surface area contributed by atoms with Crippen LogP contribution >= 0.6 is 0 Å². The molecular weight excluding hydrogens is 212 g/mol. The predicted octanol–water partition coefficient (Wildman–Crippen LogP) is 2.27. The van der Waals surface area contributed by atoms with Gasteiger partial charge in [0.2, 0.25) is 0 Å². The van der Waals surface area contributed by atoms with Crippen molar-refractivity contribution in [1.29, 1.82) is 0 Å². The Bertz CT molecular complexity index is 513. The Morgan fingerprint density at radius 1 is 1.41 bits per heavy atom. The largest absolute Gasteiger partial charge is 0.384 e. The number of anilines is 1. The van der Waals surface area contributed by atoms with Crippen molar-refractivity contribution in [3.8, 4) is 0 Å². The summed E-state index contributed by atoms with van der Waals surface area (Å²) in [5, 5.41) is 3.41. The van der Waals surface area contributed by atoms with E-state index in [1.165, 1.54) is 0 Å². The highest BCUT2D eigenvalue weighted by Gasteiger charge is 2.14. The fraction of sp³-hybridized carbons (Fsp3) is 0.462. The van der Waals surface area contributed by atoms with E-state index < -0.39 is 0 Å². The van der Waals surface area contributed by atoms with Gasteiger partial charge in [0.1, 0.15) is 5.82 Å². The molecule has 0 bridgehead atoms. The van der Waals surface area contributed by atoms with E-state index in [2.05, 4.69) is 41.3 Å². The third-order valence-electron chi connectivity index (χ3n) is 2.92. The maximum Gasteiger partial charge on any atom is 0.104 e. The van der Waals surface area contributed by atoms with E-state index in [0.717, 1.165) is 29.1 Å². The highest BCUT2D eigenvalue weighted by Crippen LogP contribution is 2.19. The summed E-state index contributed by atoms with van der Waals surface area (Å²) in [5.41, 5.74) is 8.99. The van der Waals surface area contributed by atoms with E-state index >= 15 is 0 Å². The molecule has 0 aliphatic heterocycles. The maximum absolute atomic E-state index is 5.71. The number of fused-ring (bicyclic) bond motifs is 1. The zero-order chi connectivity index (χ0) is 12.5. The Kier molecular flexibility index (Phi) is 3.07. The molecule has 0 fully saturated rings. The highest BCUT2D eigenvalue weighted by atomic mass is 14.9. The van der Waals surface area contributed by atoms with E-state index in [4.69, 9.17) is 5.73 Å². The Labute approximate surface area is 102 Å². The number of nitrogens with two attached hydrogens (primary N) is 1. The summed E-state index contributed by atoms with van der Waals surface area (Å²) in [6, 6.07) is 6.16. The number of nitrogens with zero attached hydrogens (tertiary/aromatic N) is 1. The summed E-state index contributed by atoms with van der Waals surface area (Å²) in [5.74, 6) is 0.944. The van der Waals surface area contributed by atoms with Crippen molar-refractivity contribution in [3.05, 3.63) is 24.0 Å². The van der Waals surface area contributed by atoms with Crippen LogP contribution in [0.25, 0.3) is 11.0 Å². The quantitative estimate of drug-likeness (QED) is 0.757. The summed E-state index contributed by atoms with van der Waals surface area (Å²) in [6.07, 6.45) is 0. The van der Waals surface area contributed by atoms with Gasteiger partial charge in [0.05, 0.1) is 11.0 Å². The van der Waals surface area contributed by atoms with E-state index in [9.17, 15) is 0 Å². The van der Waals surface area contributed by atoms with Gasteiger partial charge >= 0.3 is 0 Å². The van der Waals surface area contributed by atoms with Gasteiger partial charge in [-0.3, -0.25) is 0 Å². The molecule has 0 saturated carbocycles. The summed E-state index contributed by atoms with van der Waals surface area (Å²) in [4.78, 5) is 7.61. The molecule has 1 heterocycles. The van der Waals surface area contributed by atoms with Gasteiger partial charge in [0.25, 0.3) is 0 Å². The lowest BCUT2D eigenvalue weighted by molar-refractivity contribution is 0.406. The van der Waals surface area contributed by atoms with Gasteiger partial charge in [0, 0.05) is 12.2 Å². The fourth-order valence-corrected chi connectivity index (χ4v) is 1.66. The van der Waals surface area contributed by atoms with Crippen molar-refractivity contribution in [2.45, 2.75) is 20.8 Å². The van der Waals surface area contributed by atoms with Gasteiger partial charge in [-0.05, 0) is 37.1 Å². The molecule has 0 aliphatic carbocycles. The Morgan fingerprint density at radius 2 is 2.18 bits per heavy atom. The zero-order valence-electron chi connectivity index (χ0n) is 10.7. The summed E-state index contributed by atoms with van der Waals surface area (Å²) < 4.78 is 0. The van der Waals surface area contributed by atoms with Crippen LogP contribution in [0.15, 0.2) is 18.2 Å². The smallest absolute Gasteiger partial charge is 0.104 e. The molecule has 1 aromatic carbocycles. The standard InChI is InChI=1S/C13H20N4/c1-9-16-11-5-4-10(6-12(11)17-9)15-8-13(2,3)7-14/h4-6,15H,7-8,14H2,1-3H3,(H,16,17). The van der Waals surface area contributed by atoms with Crippen LogP contribution < -0.4 is 11.1 Å². The first-order valence-electron chi connectivity index (χ1n) is 5.90. The summed E-state index contributed by atoms with van der Waals surface area (Å²) >= 11 is 0. The zero-order valence-corrected chi connectivity index (χ0v) is 10.7. The van der Waals surface area contributed by atoms with Gasteiger partial charge in [-0.25, -0.2) is 4.98 Å². The number of aromatic amines is 1. The minimum absolute atomic E-state index is 0.110. The van der Waals surface area contributed by atoms with Gasteiger partial charge in [-0.2, -0.15) is 0 Å². The van der Waals surface area contributed by atoms with E-state index in [0.29, 0.717) is 6.54 Å². The molecule has 2 rings (SSSR count). The van der Waals surface area contributed by atoms with Crippen molar-refractivity contribution in [2.24, 2.45) is 11.1 Å². The second-order valence-electron chi connectivity index (χ2n) is 5.28. The van der Waals surface area contributed by atoms with Crippen molar-refractivity contribution in [3.63, 3.8) is 0 Å².